The van der Waals surface area contributed by atoms with Crippen molar-refractivity contribution in [2.45, 2.75) is 6.92 Å². The van der Waals surface area contributed by atoms with Crippen LogP contribution in [0, 0.1) is 0 Å². The first-order valence-electron chi connectivity index (χ1n) is 7.68. The lowest BCUT2D eigenvalue weighted by molar-refractivity contribution is 1.18. The molecule has 24 heavy (non-hydrogen) atoms. The Morgan fingerprint density at radius 2 is 1.83 bits per heavy atom. The normalized spacial score (nSPS) is 12.2. The number of benzene rings is 2. The predicted molar refractivity (Wildman–Crippen MR) is 109 cm³/mol. The summed E-state index contributed by atoms with van der Waals surface area (Å²) in [6.07, 6.45) is 7.89. The Balaban J connectivity index is 2.47. The maximum absolute atomic E-state index is 6.50. The quantitative estimate of drug-likeness (QED) is 0.405. The minimum atomic E-state index is 0.723. The second kappa shape index (κ2) is 7.25. The third-order valence-corrected chi connectivity index (χ3v) is 4.96. The molecule has 1 aromatic heterocycles. The van der Waals surface area contributed by atoms with Crippen LogP contribution in [0.1, 0.15) is 6.92 Å². The van der Waals surface area contributed by atoms with Gasteiger partial charge in [0.05, 0.1) is 15.7 Å². The van der Waals surface area contributed by atoms with Crippen molar-refractivity contribution in [2.75, 3.05) is 0 Å². The Morgan fingerprint density at radius 3 is 2.54 bits per heavy atom. The number of fused-ring (bicyclic) bond motifs is 1. The Kier molecular flexibility index (Phi) is 5.08. The van der Waals surface area contributed by atoms with E-state index in [4.69, 9.17) is 11.6 Å². The summed E-state index contributed by atoms with van der Waals surface area (Å²) in [6, 6.07) is 16.2. The average molecular weight is 399 g/mol. The lowest BCUT2D eigenvalue weighted by atomic mass is 10.1. The highest BCUT2D eigenvalue weighted by Crippen LogP contribution is 2.42. The Bertz CT molecular complexity index is 963. The second-order valence-electron chi connectivity index (χ2n) is 5.32. The first-order valence-corrected chi connectivity index (χ1v) is 8.85. The summed E-state index contributed by atoms with van der Waals surface area (Å²) in [5.74, 6) is 0. The van der Waals surface area contributed by atoms with Gasteiger partial charge in [-0.2, -0.15) is 0 Å². The van der Waals surface area contributed by atoms with Crippen molar-refractivity contribution >= 4 is 44.1 Å². The van der Waals surface area contributed by atoms with Crippen LogP contribution in [0.2, 0.25) is 5.02 Å². The molecule has 0 saturated heterocycles. The number of halogens is 2. The summed E-state index contributed by atoms with van der Waals surface area (Å²) < 4.78 is 3.24. The molecule has 0 spiro atoms. The van der Waals surface area contributed by atoms with Gasteiger partial charge < -0.3 is 4.57 Å². The highest BCUT2D eigenvalue weighted by atomic mass is 79.9. The summed E-state index contributed by atoms with van der Waals surface area (Å²) >= 11 is 10.3. The molecular formula is C21H17BrClN. The number of allylic oxidation sites excluding steroid dienone is 5. The summed E-state index contributed by atoms with van der Waals surface area (Å²) in [5.41, 5.74) is 4.17. The smallest absolute Gasteiger partial charge is 0.0698 e. The highest BCUT2D eigenvalue weighted by molar-refractivity contribution is 9.10. The number of aromatic nitrogens is 1. The van der Waals surface area contributed by atoms with Crippen LogP contribution >= 0.6 is 27.5 Å². The topological polar surface area (TPSA) is 4.93 Å². The molecule has 0 fully saturated rings. The van der Waals surface area contributed by atoms with E-state index in [1.807, 2.05) is 55.5 Å². The summed E-state index contributed by atoms with van der Waals surface area (Å²) in [5, 5.41) is 1.87. The Labute approximate surface area is 155 Å². The molecule has 0 aliphatic carbocycles. The van der Waals surface area contributed by atoms with Gasteiger partial charge in [-0.3, -0.25) is 0 Å². The van der Waals surface area contributed by atoms with E-state index < -0.39 is 0 Å². The third kappa shape index (κ3) is 2.88. The van der Waals surface area contributed by atoms with Crippen molar-refractivity contribution < 1.29 is 0 Å². The molecule has 0 radical (unpaired) electrons. The Morgan fingerprint density at radius 1 is 1.12 bits per heavy atom. The second-order valence-corrected chi connectivity index (χ2v) is 6.52. The zero-order chi connectivity index (χ0) is 17.1. The standard InChI is InChI=1S/C21H17BrClN/c1-3-9-15(10-4-2)24-19-14-8-6-12-17(19)20(22)21(24)16-11-5-7-13-18(16)23/h3-14H,1H2,2H3/b10-4-,15-9+. The zero-order valence-corrected chi connectivity index (χ0v) is 15.7. The molecule has 2 aromatic carbocycles. The van der Waals surface area contributed by atoms with Crippen LogP contribution < -0.4 is 0 Å². The molecule has 0 aliphatic heterocycles. The van der Waals surface area contributed by atoms with Crippen LogP contribution in [0.15, 0.2) is 83.9 Å². The predicted octanol–water partition coefficient (Wildman–Crippen LogP) is 7.33. The molecule has 3 rings (SSSR count). The molecule has 0 unspecified atom stereocenters. The fourth-order valence-electron chi connectivity index (χ4n) is 2.86. The van der Waals surface area contributed by atoms with Gasteiger partial charge in [-0.15, -0.1) is 0 Å². The maximum Gasteiger partial charge on any atom is 0.0698 e. The number of nitrogens with zero attached hydrogens (tertiary/aromatic N) is 1. The fraction of sp³-hybridized carbons (Fsp3) is 0.0476. The molecule has 0 N–H and O–H groups in total. The van der Waals surface area contributed by atoms with Crippen molar-refractivity contribution in [3.05, 3.63) is 88.9 Å². The zero-order valence-electron chi connectivity index (χ0n) is 13.3. The van der Waals surface area contributed by atoms with Crippen LogP contribution in [0.3, 0.4) is 0 Å². The Hall–Kier alpha value is -2.03. The van der Waals surface area contributed by atoms with Crippen molar-refractivity contribution in [2.24, 2.45) is 0 Å². The lowest BCUT2D eigenvalue weighted by Crippen LogP contribution is -1.98. The van der Waals surface area contributed by atoms with E-state index in [2.05, 4.69) is 45.3 Å². The monoisotopic (exact) mass is 397 g/mol. The minimum Gasteiger partial charge on any atom is -0.308 e. The summed E-state index contributed by atoms with van der Waals surface area (Å²) in [4.78, 5) is 0. The van der Waals surface area contributed by atoms with E-state index in [9.17, 15) is 0 Å². The fourth-order valence-corrected chi connectivity index (χ4v) is 3.81. The molecule has 120 valence electrons. The molecule has 3 aromatic rings. The number of hydrogen-bond acceptors (Lipinski definition) is 0. The van der Waals surface area contributed by atoms with Gasteiger partial charge in [0.15, 0.2) is 0 Å². The van der Waals surface area contributed by atoms with Crippen molar-refractivity contribution in [3.8, 4) is 11.3 Å². The van der Waals surface area contributed by atoms with Crippen molar-refractivity contribution in [1.82, 2.24) is 4.57 Å². The van der Waals surface area contributed by atoms with E-state index in [-0.39, 0.29) is 0 Å². The summed E-state index contributed by atoms with van der Waals surface area (Å²) in [7, 11) is 0. The molecular weight excluding hydrogens is 382 g/mol. The van der Waals surface area contributed by atoms with Crippen LogP contribution in [0.4, 0.5) is 0 Å². The first kappa shape index (κ1) is 16.8. The number of para-hydroxylation sites is 1. The van der Waals surface area contributed by atoms with Crippen LogP contribution in [0.5, 0.6) is 0 Å². The van der Waals surface area contributed by atoms with Gasteiger partial charge in [0.25, 0.3) is 0 Å². The molecule has 0 amide bonds. The van der Waals surface area contributed by atoms with Gasteiger partial charge in [0, 0.05) is 21.7 Å². The van der Waals surface area contributed by atoms with Crippen LogP contribution in [-0.2, 0) is 0 Å². The van der Waals surface area contributed by atoms with Crippen LogP contribution in [0.25, 0.3) is 27.9 Å². The SMILES string of the molecule is C=C/C=C(\C=C/C)n1c(-c2ccccc2Cl)c(Br)c2ccccc21. The largest absolute Gasteiger partial charge is 0.308 e. The summed E-state index contributed by atoms with van der Waals surface area (Å²) in [6.45, 7) is 5.86. The van der Waals surface area contributed by atoms with Gasteiger partial charge in [-0.05, 0) is 47.1 Å². The number of rotatable bonds is 4. The van der Waals surface area contributed by atoms with E-state index in [1.54, 1.807) is 6.08 Å². The van der Waals surface area contributed by atoms with Crippen LogP contribution in [-0.4, -0.2) is 4.57 Å². The molecule has 3 heteroatoms. The maximum atomic E-state index is 6.50. The molecule has 1 heterocycles. The van der Waals surface area contributed by atoms with Gasteiger partial charge in [-0.1, -0.05) is 66.7 Å². The van der Waals surface area contributed by atoms with Gasteiger partial charge in [-0.25, -0.2) is 0 Å². The highest BCUT2D eigenvalue weighted by Gasteiger charge is 2.19. The van der Waals surface area contributed by atoms with Crippen molar-refractivity contribution in [1.29, 1.82) is 0 Å². The van der Waals surface area contributed by atoms with Gasteiger partial charge >= 0.3 is 0 Å². The average Bonchev–Trinajstić information content (AvgIpc) is 2.88. The minimum absolute atomic E-state index is 0.723. The molecule has 1 nitrogen and oxygen atoms in total. The van der Waals surface area contributed by atoms with Crippen molar-refractivity contribution in [3.63, 3.8) is 0 Å². The van der Waals surface area contributed by atoms with E-state index in [0.717, 1.165) is 37.4 Å². The van der Waals surface area contributed by atoms with Gasteiger partial charge in [0.1, 0.15) is 0 Å². The molecule has 0 saturated carbocycles. The lowest BCUT2D eigenvalue weighted by Gasteiger charge is -2.13. The van der Waals surface area contributed by atoms with E-state index in [1.165, 1.54) is 0 Å². The third-order valence-electron chi connectivity index (χ3n) is 3.83. The van der Waals surface area contributed by atoms with E-state index in [0.29, 0.717) is 0 Å². The van der Waals surface area contributed by atoms with Gasteiger partial charge in [0.2, 0.25) is 0 Å². The number of hydrogen-bond donors (Lipinski definition) is 0. The molecule has 0 atom stereocenters. The molecule has 0 aliphatic rings. The molecule has 0 bridgehead atoms. The van der Waals surface area contributed by atoms with E-state index >= 15 is 0 Å². The first-order chi connectivity index (χ1) is 11.7.